The molecule has 2 atom stereocenters. The molecule has 0 saturated carbocycles. The van der Waals surface area contributed by atoms with Crippen molar-refractivity contribution < 1.29 is 14.2 Å². The molecule has 108 valence electrons. The topological polar surface area (TPSA) is 27.7 Å². The van der Waals surface area contributed by atoms with Gasteiger partial charge in [0.2, 0.25) is 6.29 Å². The van der Waals surface area contributed by atoms with E-state index in [1.165, 1.54) is 32.1 Å². The lowest BCUT2D eigenvalue weighted by Gasteiger charge is -2.29. The van der Waals surface area contributed by atoms with Gasteiger partial charge in [0.25, 0.3) is 5.95 Å². The van der Waals surface area contributed by atoms with E-state index in [9.17, 15) is 0 Å². The van der Waals surface area contributed by atoms with Crippen molar-refractivity contribution in [1.29, 1.82) is 0 Å². The van der Waals surface area contributed by atoms with Crippen LogP contribution >= 0.6 is 15.9 Å². The van der Waals surface area contributed by atoms with E-state index in [1.54, 1.807) is 0 Å². The van der Waals surface area contributed by atoms with Gasteiger partial charge >= 0.3 is 0 Å². The van der Waals surface area contributed by atoms with Crippen LogP contribution in [-0.4, -0.2) is 24.8 Å². The van der Waals surface area contributed by atoms with Gasteiger partial charge in [-0.1, -0.05) is 34.8 Å². The quantitative estimate of drug-likeness (QED) is 0.518. The summed E-state index contributed by atoms with van der Waals surface area (Å²) in [6.07, 6.45) is 13.0. The van der Waals surface area contributed by atoms with Crippen molar-refractivity contribution in [3.63, 3.8) is 0 Å². The Hall–Kier alpha value is -0.480. The van der Waals surface area contributed by atoms with E-state index in [1.807, 2.05) is 18.2 Å². The standard InChI is InChI=1S/C15H23BrO3/c16-10-4-1-2-6-13-8-9-15(18-12-13)19-14-7-3-5-11-17-14/h3,5,7,13,15H,1-2,4,6,8-12H2. The van der Waals surface area contributed by atoms with E-state index in [0.717, 1.165) is 18.4 Å². The Kier molecular flexibility index (Phi) is 6.79. The van der Waals surface area contributed by atoms with Gasteiger partial charge in [-0.3, -0.25) is 0 Å². The van der Waals surface area contributed by atoms with Crippen LogP contribution < -0.4 is 0 Å². The summed E-state index contributed by atoms with van der Waals surface area (Å²) >= 11 is 3.47. The normalized spacial score (nSPS) is 26.7. The lowest BCUT2D eigenvalue weighted by Crippen LogP contribution is -2.28. The second kappa shape index (κ2) is 8.64. The Morgan fingerprint density at radius 2 is 2.21 bits per heavy atom. The molecule has 0 bridgehead atoms. The molecule has 0 amide bonds. The molecular weight excluding hydrogens is 308 g/mol. The van der Waals surface area contributed by atoms with Crippen LogP contribution in [0.1, 0.15) is 38.5 Å². The van der Waals surface area contributed by atoms with E-state index in [-0.39, 0.29) is 6.29 Å². The van der Waals surface area contributed by atoms with Crippen LogP contribution in [0.5, 0.6) is 0 Å². The van der Waals surface area contributed by atoms with Gasteiger partial charge in [0.1, 0.15) is 6.61 Å². The smallest absolute Gasteiger partial charge is 0.281 e. The van der Waals surface area contributed by atoms with Gasteiger partial charge in [-0.05, 0) is 31.3 Å². The second-order valence-corrected chi connectivity index (χ2v) is 5.88. The zero-order chi connectivity index (χ0) is 13.3. The zero-order valence-electron chi connectivity index (χ0n) is 11.4. The number of ether oxygens (including phenoxy) is 3. The first kappa shape index (κ1) is 14.9. The average molecular weight is 331 g/mol. The maximum atomic E-state index is 5.77. The number of halogens is 1. The molecule has 1 saturated heterocycles. The van der Waals surface area contributed by atoms with Gasteiger partial charge in [-0.15, -0.1) is 0 Å². The van der Waals surface area contributed by atoms with E-state index in [2.05, 4.69) is 15.9 Å². The highest BCUT2D eigenvalue weighted by atomic mass is 79.9. The SMILES string of the molecule is BrCCCCCC1CCC(OC2=CC=CCO2)OC1. The van der Waals surface area contributed by atoms with E-state index < -0.39 is 0 Å². The molecule has 0 aliphatic carbocycles. The fourth-order valence-electron chi connectivity index (χ4n) is 2.39. The fraction of sp³-hybridized carbons (Fsp3) is 0.733. The molecule has 2 unspecified atom stereocenters. The van der Waals surface area contributed by atoms with Gasteiger partial charge in [0.15, 0.2) is 0 Å². The first-order valence-corrected chi connectivity index (χ1v) is 8.34. The number of rotatable bonds is 7. The maximum absolute atomic E-state index is 5.77. The molecule has 0 spiro atoms. The number of allylic oxidation sites excluding steroid dienone is 2. The molecular formula is C15H23BrO3. The lowest BCUT2D eigenvalue weighted by molar-refractivity contribution is -0.179. The van der Waals surface area contributed by atoms with Crippen molar-refractivity contribution in [3.05, 3.63) is 24.2 Å². The van der Waals surface area contributed by atoms with Crippen LogP contribution in [0.15, 0.2) is 24.2 Å². The van der Waals surface area contributed by atoms with Crippen LogP contribution in [0.25, 0.3) is 0 Å². The summed E-state index contributed by atoms with van der Waals surface area (Å²) in [6, 6.07) is 0. The summed E-state index contributed by atoms with van der Waals surface area (Å²) in [5, 5.41) is 1.12. The molecule has 2 heterocycles. The molecule has 3 nitrogen and oxygen atoms in total. The largest absolute Gasteiger partial charge is 0.461 e. The number of alkyl halides is 1. The summed E-state index contributed by atoms with van der Waals surface area (Å²) in [5.41, 5.74) is 0. The van der Waals surface area contributed by atoms with Gasteiger partial charge < -0.3 is 14.2 Å². The second-order valence-electron chi connectivity index (χ2n) is 5.09. The van der Waals surface area contributed by atoms with Crippen LogP contribution in [0, 0.1) is 5.92 Å². The first-order valence-electron chi connectivity index (χ1n) is 7.22. The van der Waals surface area contributed by atoms with Crippen molar-refractivity contribution in [2.75, 3.05) is 18.5 Å². The van der Waals surface area contributed by atoms with Crippen LogP contribution in [0.4, 0.5) is 0 Å². The predicted molar refractivity (Wildman–Crippen MR) is 79.0 cm³/mol. The third-order valence-corrected chi connectivity index (χ3v) is 4.07. The highest BCUT2D eigenvalue weighted by molar-refractivity contribution is 9.09. The van der Waals surface area contributed by atoms with Crippen LogP contribution in [0.2, 0.25) is 0 Å². The van der Waals surface area contributed by atoms with Crippen LogP contribution in [-0.2, 0) is 14.2 Å². The minimum atomic E-state index is -0.128. The van der Waals surface area contributed by atoms with E-state index in [0.29, 0.717) is 18.5 Å². The summed E-state index contributed by atoms with van der Waals surface area (Å²) < 4.78 is 16.8. The third kappa shape index (κ3) is 5.57. The zero-order valence-corrected chi connectivity index (χ0v) is 12.9. The van der Waals surface area contributed by atoms with E-state index >= 15 is 0 Å². The van der Waals surface area contributed by atoms with E-state index in [4.69, 9.17) is 14.2 Å². The maximum Gasteiger partial charge on any atom is 0.281 e. The molecule has 0 radical (unpaired) electrons. The van der Waals surface area contributed by atoms with Gasteiger partial charge in [-0.2, -0.15) is 0 Å². The Morgan fingerprint density at radius 1 is 1.26 bits per heavy atom. The molecule has 19 heavy (non-hydrogen) atoms. The van der Waals surface area contributed by atoms with Gasteiger partial charge in [-0.25, -0.2) is 0 Å². The summed E-state index contributed by atoms with van der Waals surface area (Å²) in [6.45, 7) is 1.41. The third-order valence-electron chi connectivity index (χ3n) is 3.51. The Morgan fingerprint density at radius 3 is 2.89 bits per heavy atom. The predicted octanol–water partition coefficient (Wildman–Crippen LogP) is 4.14. The van der Waals surface area contributed by atoms with Crippen LogP contribution in [0.3, 0.4) is 0 Å². The minimum Gasteiger partial charge on any atom is -0.461 e. The number of hydrogen-bond acceptors (Lipinski definition) is 3. The summed E-state index contributed by atoms with van der Waals surface area (Å²) in [7, 11) is 0. The Labute approximate surface area is 124 Å². The Balaban J connectivity index is 1.59. The molecule has 2 aliphatic heterocycles. The molecule has 0 aromatic heterocycles. The molecule has 2 aliphatic rings. The van der Waals surface area contributed by atoms with Gasteiger partial charge in [0, 0.05) is 17.8 Å². The van der Waals surface area contributed by atoms with Crippen molar-refractivity contribution in [2.24, 2.45) is 5.92 Å². The molecule has 1 fully saturated rings. The molecule has 0 aromatic rings. The van der Waals surface area contributed by atoms with Crippen molar-refractivity contribution in [1.82, 2.24) is 0 Å². The molecule has 4 heteroatoms. The number of unbranched alkanes of at least 4 members (excludes halogenated alkanes) is 2. The molecule has 0 aromatic carbocycles. The van der Waals surface area contributed by atoms with Crippen molar-refractivity contribution in [2.45, 2.75) is 44.8 Å². The summed E-state index contributed by atoms with van der Waals surface area (Å²) in [5.74, 6) is 1.29. The van der Waals surface area contributed by atoms with Crippen molar-refractivity contribution in [3.8, 4) is 0 Å². The van der Waals surface area contributed by atoms with Gasteiger partial charge in [0.05, 0.1) is 6.61 Å². The number of hydrogen-bond donors (Lipinski definition) is 0. The summed E-state index contributed by atoms with van der Waals surface area (Å²) in [4.78, 5) is 0. The lowest BCUT2D eigenvalue weighted by atomic mass is 9.95. The molecule has 0 N–H and O–H groups in total. The minimum absolute atomic E-state index is 0.128. The fourth-order valence-corrected chi connectivity index (χ4v) is 2.79. The average Bonchev–Trinajstić information content (AvgIpc) is 2.46. The highest BCUT2D eigenvalue weighted by Gasteiger charge is 2.23. The monoisotopic (exact) mass is 330 g/mol. The van der Waals surface area contributed by atoms with Crippen molar-refractivity contribution >= 4 is 15.9 Å². The highest BCUT2D eigenvalue weighted by Crippen LogP contribution is 2.26. The molecule has 2 rings (SSSR count). The first-order chi connectivity index (χ1) is 9.38. The Bertz CT molecular complexity index is 307.